The fraction of sp³-hybridized carbons (Fsp3) is 0.650. The smallest absolute Gasteiger partial charge is 0.335 e. The molecule has 0 aliphatic heterocycles. The summed E-state index contributed by atoms with van der Waals surface area (Å²) in [5.41, 5.74) is 4.16. The summed E-state index contributed by atoms with van der Waals surface area (Å²) in [4.78, 5) is 11.6. The predicted molar refractivity (Wildman–Crippen MR) is 94.0 cm³/mol. The Morgan fingerprint density at radius 3 is 2.14 bits per heavy atom. The average molecular weight is 304 g/mol. The highest BCUT2D eigenvalue weighted by atomic mass is 16.4. The normalized spacial score (nSPS) is 11.4. The van der Waals surface area contributed by atoms with Gasteiger partial charge in [0.05, 0.1) is 5.56 Å². The van der Waals surface area contributed by atoms with Crippen LogP contribution in [-0.2, 0) is 6.42 Å². The van der Waals surface area contributed by atoms with Crippen molar-refractivity contribution < 1.29 is 9.90 Å². The van der Waals surface area contributed by atoms with Crippen LogP contribution in [-0.4, -0.2) is 11.1 Å². The first-order valence-corrected chi connectivity index (χ1v) is 8.79. The molecule has 0 aromatic heterocycles. The van der Waals surface area contributed by atoms with E-state index < -0.39 is 5.97 Å². The number of benzene rings is 1. The summed E-state index contributed by atoms with van der Waals surface area (Å²) in [5.74, 6) is 0.00203. The van der Waals surface area contributed by atoms with Gasteiger partial charge in [0.1, 0.15) is 0 Å². The van der Waals surface area contributed by atoms with Gasteiger partial charge in [-0.05, 0) is 47.4 Å². The summed E-state index contributed by atoms with van der Waals surface area (Å²) < 4.78 is 0. The van der Waals surface area contributed by atoms with Crippen molar-refractivity contribution in [3.63, 3.8) is 0 Å². The number of hydrogen-bond donors (Lipinski definition) is 1. The minimum absolute atomic E-state index is 0.363. The average Bonchev–Trinajstić information content (AvgIpc) is 2.45. The first-order valence-electron chi connectivity index (χ1n) is 8.79. The van der Waals surface area contributed by atoms with Crippen LogP contribution in [0.4, 0.5) is 0 Å². The van der Waals surface area contributed by atoms with E-state index in [4.69, 9.17) is 0 Å². The summed E-state index contributed by atoms with van der Waals surface area (Å²) in [5, 5.41) is 9.54. The standard InChI is InChI=1S/C20H32O2/c1-6-7-8-9-10-11-17-18(20(21)22)13-12-16(14(2)3)19(17)15(4)5/h12-15H,6-11H2,1-5H3,(H,21,22). The first-order chi connectivity index (χ1) is 10.4. The monoisotopic (exact) mass is 304 g/mol. The second-order valence-corrected chi connectivity index (χ2v) is 6.87. The zero-order chi connectivity index (χ0) is 16.7. The number of carboxylic acid groups (broad SMARTS) is 1. The van der Waals surface area contributed by atoms with E-state index in [2.05, 4.69) is 34.6 Å². The number of carboxylic acids is 1. The molecule has 0 radical (unpaired) electrons. The Kier molecular flexibility index (Phi) is 7.64. The molecule has 0 unspecified atom stereocenters. The Morgan fingerprint density at radius 2 is 1.64 bits per heavy atom. The molecule has 0 heterocycles. The molecule has 0 aliphatic rings. The molecule has 0 saturated heterocycles. The van der Waals surface area contributed by atoms with Crippen LogP contribution in [0.15, 0.2) is 12.1 Å². The minimum atomic E-state index is -0.791. The van der Waals surface area contributed by atoms with Gasteiger partial charge in [-0.3, -0.25) is 0 Å². The number of carbonyl (C=O) groups is 1. The highest BCUT2D eigenvalue weighted by Gasteiger charge is 2.20. The SMILES string of the molecule is CCCCCCCc1c(C(=O)O)ccc(C(C)C)c1C(C)C. The summed E-state index contributed by atoms with van der Waals surface area (Å²) in [7, 11) is 0. The van der Waals surface area contributed by atoms with Crippen LogP contribution in [0.2, 0.25) is 0 Å². The topological polar surface area (TPSA) is 37.3 Å². The van der Waals surface area contributed by atoms with E-state index in [0.29, 0.717) is 17.4 Å². The molecule has 124 valence electrons. The maximum atomic E-state index is 11.6. The molecule has 0 aliphatic carbocycles. The third kappa shape index (κ3) is 4.86. The van der Waals surface area contributed by atoms with Crippen molar-refractivity contribution in [2.75, 3.05) is 0 Å². The molecule has 0 amide bonds. The van der Waals surface area contributed by atoms with Crippen LogP contribution in [0, 0.1) is 0 Å². The lowest BCUT2D eigenvalue weighted by Crippen LogP contribution is -2.11. The van der Waals surface area contributed by atoms with Gasteiger partial charge < -0.3 is 5.11 Å². The fourth-order valence-corrected chi connectivity index (χ4v) is 3.24. The van der Waals surface area contributed by atoms with E-state index in [0.717, 1.165) is 18.4 Å². The van der Waals surface area contributed by atoms with Gasteiger partial charge in [-0.15, -0.1) is 0 Å². The van der Waals surface area contributed by atoms with Gasteiger partial charge in [0.15, 0.2) is 0 Å². The Bertz CT molecular complexity index is 487. The van der Waals surface area contributed by atoms with Crippen molar-refractivity contribution >= 4 is 5.97 Å². The highest BCUT2D eigenvalue weighted by molar-refractivity contribution is 5.90. The van der Waals surface area contributed by atoms with E-state index in [9.17, 15) is 9.90 Å². The van der Waals surface area contributed by atoms with Crippen molar-refractivity contribution in [1.82, 2.24) is 0 Å². The van der Waals surface area contributed by atoms with E-state index in [1.807, 2.05) is 12.1 Å². The van der Waals surface area contributed by atoms with Crippen LogP contribution in [0.1, 0.15) is 106 Å². The lowest BCUT2D eigenvalue weighted by Gasteiger charge is -2.22. The first kappa shape index (κ1) is 18.7. The summed E-state index contributed by atoms with van der Waals surface area (Å²) in [6.45, 7) is 10.9. The maximum Gasteiger partial charge on any atom is 0.335 e. The van der Waals surface area contributed by atoms with Crippen molar-refractivity contribution in [3.8, 4) is 0 Å². The van der Waals surface area contributed by atoms with Crippen molar-refractivity contribution in [3.05, 3.63) is 34.4 Å². The molecule has 1 N–H and O–H groups in total. The molecule has 0 atom stereocenters. The number of rotatable bonds is 9. The molecule has 0 spiro atoms. The van der Waals surface area contributed by atoms with E-state index in [1.54, 1.807) is 0 Å². The largest absolute Gasteiger partial charge is 0.478 e. The van der Waals surface area contributed by atoms with Gasteiger partial charge >= 0.3 is 5.97 Å². The van der Waals surface area contributed by atoms with Gasteiger partial charge in [0.2, 0.25) is 0 Å². The second kappa shape index (κ2) is 8.97. The summed E-state index contributed by atoms with van der Waals surface area (Å²) in [6, 6.07) is 3.83. The van der Waals surface area contributed by atoms with Gasteiger partial charge in [-0.25, -0.2) is 4.79 Å². The lowest BCUT2D eigenvalue weighted by atomic mass is 9.83. The molecule has 0 saturated carbocycles. The quantitative estimate of drug-likeness (QED) is 0.556. The molecule has 1 rings (SSSR count). The van der Waals surface area contributed by atoms with Crippen LogP contribution >= 0.6 is 0 Å². The number of unbranched alkanes of at least 4 members (excludes halogenated alkanes) is 4. The van der Waals surface area contributed by atoms with Crippen molar-refractivity contribution in [2.24, 2.45) is 0 Å². The van der Waals surface area contributed by atoms with E-state index >= 15 is 0 Å². The van der Waals surface area contributed by atoms with Crippen LogP contribution < -0.4 is 0 Å². The zero-order valence-electron chi connectivity index (χ0n) is 14.9. The fourth-order valence-electron chi connectivity index (χ4n) is 3.24. The van der Waals surface area contributed by atoms with Crippen LogP contribution in [0.3, 0.4) is 0 Å². The Balaban J connectivity index is 3.12. The van der Waals surface area contributed by atoms with Crippen molar-refractivity contribution in [2.45, 2.75) is 85.0 Å². The van der Waals surface area contributed by atoms with Crippen molar-refractivity contribution in [1.29, 1.82) is 0 Å². The van der Waals surface area contributed by atoms with Gasteiger partial charge in [0, 0.05) is 0 Å². The molecular weight excluding hydrogens is 272 g/mol. The van der Waals surface area contributed by atoms with E-state index in [-0.39, 0.29) is 0 Å². The molecule has 2 nitrogen and oxygen atoms in total. The van der Waals surface area contributed by atoms with Crippen LogP contribution in [0.5, 0.6) is 0 Å². The Labute approximate surface area is 135 Å². The predicted octanol–water partition coefficient (Wildman–Crippen LogP) is 6.14. The third-order valence-electron chi connectivity index (χ3n) is 4.35. The number of aromatic carboxylic acids is 1. The molecule has 2 heteroatoms. The second-order valence-electron chi connectivity index (χ2n) is 6.87. The molecule has 1 aromatic carbocycles. The highest BCUT2D eigenvalue weighted by Crippen LogP contribution is 2.32. The van der Waals surface area contributed by atoms with Crippen LogP contribution in [0.25, 0.3) is 0 Å². The minimum Gasteiger partial charge on any atom is -0.478 e. The summed E-state index contributed by atoms with van der Waals surface area (Å²) in [6.07, 6.45) is 6.92. The summed E-state index contributed by atoms with van der Waals surface area (Å²) >= 11 is 0. The molecule has 22 heavy (non-hydrogen) atoms. The molecule has 1 aromatic rings. The molecule has 0 fully saturated rings. The number of hydrogen-bond acceptors (Lipinski definition) is 1. The molecular formula is C20H32O2. The third-order valence-corrected chi connectivity index (χ3v) is 4.35. The maximum absolute atomic E-state index is 11.6. The van der Waals surface area contributed by atoms with E-state index in [1.165, 1.54) is 36.8 Å². The zero-order valence-corrected chi connectivity index (χ0v) is 14.9. The van der Waals surface area contributed by atoms with Gasteiger partial charge in [0.25, 0.3) is 0 Å². The van der Waals surface area contributed by atoms with Gasteiger partial charge in [-0.1, -0.05) is 66.4 Å². The molecule has 0 bridgehead atoms. The Hall–Kier alpha value is -1.31. The Morgan fingerprint density at radius 1 is 1.00 bits per heavy atom. The lowest BCUT2D eigenvalue weighted by molar-refractivity contribution is 0.0695. The van der Waals surface area contributed by atoms with Gasteiger partial charge in [-0.2, -0.15) is 0 Å².